The van der Waals surface area contributed by atoms with Gasteiger partial charge < -0.3 is 10.6 Å². The van der Waals surface area contributed by atoms with E-state index in [1.807, 2.05) is 48.5 Å². The average Bonchev–Trinajstić information content (AvgIpc) is 2.71. The van der Waals surface area contributed by atoms with Gasteiger partial charge in [-0.3, -0.25) is 0 Å². The Morgan fingerprint density at radius 3 is 2.37 bits per heavy atom. The molecule has 1 aromatic heterocycles. The maximum absolute atomic E-state index is 4.79. The van der Waals surface area contributed by atoms with Gasteiger partial charge in [-0.1, -0.05) is 61.7 Å². The highest BCUT2D eigenvalue weighted by Crippen LogP contribution is 2.28. The molecule has 0 unspecified atom stereocenters. The van der Waals surface area contributed by atoms with E-state index in [0.29, 0.717) is 12.0 Å². The smallest absolute Gasteiger partial charge is 0.225 e. The Hall–Kier alpha value is -2.40. The van der Waals surface area contributed by atoms with E-state index in [2.05, 4.69) is 38.7 Å². The molecule has 2 aromatic carbocycles. The van der Waals surface area contributed by atoms with Crippen LogP contribution in [-0.4, -0.2) is 16.0 Å². The molecule has 4 rings (SSSR count). The summed E-state index contributed by atoms with van der Waals surface area (Å²) in [6.07, 6.45) is 6.26. The minimum absolute atomic E-state index is 0.459. The molecule has 1 heterocycles. The molecule has 0 atom stereocenters. The normalized spacial score (nSPS) is 14.7. The van der Waals surface area contributed by atoms with E-state index >= 15 is 0 Å². The van der Waals surface area contributed by atoms with Crippen molar-refractivity contribution in [2.75, 3.05) is 10.6 Å². The maximum atomic E-state index is 4.79. The highest BCUT2D eigenvalue weighted by molar-refractivity contribution is 9.10. The van der Waals surface area contributed by atoms with Gasteiger partial charge in [-0.05, 0) is 40.9 Å². The topological polar surface area (TPSA) is 49.8 Å². The zero-order chi connectivity index (χ0) is 18.5. The molecule has 1 aliphatic carbocycles. The maximum Gasteiger partial charge on any atom is 0.225 e. The number of para-hydroxylation sites is 1. The largest absolute Gasteiger partial charge is 0.351 e. The minimum atomic E-state index is 0.459. The van der Waals surface area contributed by atoms with Crippen LogP contribution in [0.15, 0.2) is 65.1 Å². The van der Waals surface area contributed by atoms with E-state index in [4.69, 9.17) is 9.97 Å². The third kappa shape index (κ3) is 4.66. The summed E-state index contributed by atoms with van der Waals surface area (Å²) in [5.41, 5.74) is 2.99. The molecule has 0 radical (unpaired) electrons. The third-order valence-corrected chi connectivity index (χ3v) is 5.56. The predicted molar refractivity (Wildman–Crippen MR) is 115 cm³/mol. The molecule has 1 fully saturated rings. The average molecular weight is 423 g/mol. The highest BCUT2D eigenvalue weighted by atomic mass is 79.9. The van der Waals surface area contributed by atoms with Crippen molar-refractivity contribution in [3.05, 3.63) is 65.1 Å². The highest BCUT2D eigenvalue weighted by Gasteiger charge is 2.15. The molecule has 4 nitrogen and oxygen atoms in total. The summed E-state index contributed by atoms with van der Waals surface area (Å²) in [6.45, 7) is 0. The fourth-order valence-electron chi connectivity index (χ4n) is 3.46. The second-order valence-corrected chi connectivity index (χ2v) is 7.77. The number of benzene rings is 2. The fourth-order valence-corrected chi connectivity index (χ4v) is 3.85. The number of nitrogens with one attached hydrogen (secondary N) is 2. The van der Waals surface area contributed by atoms with E-state index in [1.165, 1.54) is 32.1 Å². The van der Waals surface area contributed by atoms with Crippen molar-refractivity contribution in [3.63, 3.8) is 0 Å². The number of rotatable bonds is 5. The summed E-state index contributed by atoms with van der Waals surface area (Å²) in [4.78, 5) is 9.52. The number of anilines is 3. The van der Waals surface area contributed by atoms with Crippen LogP contribution in [-0.2, 0) is 0 Å². The molecule has 3 aromatic rings. The van der Waals surface area contributed by atoms with Crippen molar-refractivity contribution in [1.29, 1.82) is 0 Å². The summed E-state index contributed by atoms with van der Waals surface area (Å²) in [6, 6.07) is 20.8. The van der Waals surface area contributed by atoms with Crippen LogP contribution in [0.4, 0.5) is 17.5 Å². The van der Waals surface area contributed by atoms with E-state index < -0.39 is 0 Å². The van der Waals surface area contributed by atoms with Gasteiger partial charge in [-0.25, -0.2) is 4.98 Å². The molecule has 5 heteroatoms. The molecule has 138 valence electrons. The number of hydrogen-bond acceptors (Lipinski definition) is 4. The second-order valence-electron chi connectivity index (χ2n) is 6.91. The first-order chi connectivity index (χ1) is 13.3. The van der Waals surface area contributed by atoms with Gasteiger partial charge in [0.2, 0.25) is 5.95 Å². The molecular weight excluding hydrogens is 400 g/mol. The second kappa shape index (κ2) is 8.53. The number of hydrogen-bond donors (Lipinski definition) is 2. The quantitative estimate of drug-likeness (QED) is 0.499. The van der Waals surface area contributed by atoms with Crippen LogP contribution in [0.25, 0.3) is 11.3 Å². The van der Waals surface area contributed by atoms with Gasteiger partial charge in [0, 0.05) is 22.1 Å². The van der Waals surface area contributed by atoms with Crippen LogP contribution in [0.5, 0.6) is 0 Å². The van der Waals surface area contributed by atoms with E-state index in [1.54, 1.807) is 0 Å². The molecule has 0 amide bonds. The first-order valence-corrected chi connectivity index (χ1v) is 10.3. The van der Waals surface area contributed by atoms with Gasteiger partial charge in [0.25, 0.3) is 0 Å². The van der Waals surface area contributed by atoms with Crippen LogP contribution in [0.2, 0.25) is 0 Å². The number of halogens is 1. The van der Waals surface area contributed by atoms with Gasteiger partial charge in [0.1, 0.15) is 5.82 Å². The summed E-state index contributed by atoms with van der Waals surface area (Å²) >= 11 is 3.59. The van der Waals surface area contributed by atoms with Gasteiger partial charge in [-0.2, -0.15) is 4.98 Å². The van der Waals surface area contributed by atoms with Crippen molar-refractivity contribution in [1.82, 2.24) is 9.97 Å². The van der Waals surface area contributed by atoms with Gasteiger partial charge in [0.15, 0.2) is 0 Å². The first-order valence-electron chi connectivity index (χ1n) is 9.50. The molecule has 0 spiro atoms. The Labute approximate surface area is 168 Å². The molecule has 0 aliphatic heterocycles. The van der Waals surface area contributed by atoms with Crippen molar-refractivity contribution in [2.45, 2.75) is 38.1 Å². The van der Waals surface area contributed by atoms with Gasteiger partial charge >= 0.3 is 0 Å². The van der Waals surface area contributed by atoms with Crippen molar-refractivity contribution in [2.24, 2.45) is 0 Å². The Morgan fingerprint density at radius 2 is 1.59 bits per heavy atom. The Kier molecular flexibility index (Phi) is 5.68. The lowest BCUT2D eigenvalue weighted by atomic mass is 9.96. The van der Waals surface area contributed by atoms with Crippen LogP contribution >= 0.6 is 15.9 Å². The van der Waals surface area contributed by atoms with Crippen molar-refractivity contribution in [3.8, 4) is 11.3 Å². The zero-order valence-corrected chi connectivity index (χ0v) is 16.7. The van der Waals surface area contributed by atoms with Gasteiger partial charge in [0.05, 0.1) is 11.4 Å². The first kappa shape index (κ1) is 18.0. The van der Waals surface area contributed by atoms with Crippen molar-refractivity contribution < 1.29 is 0 Å². The lowest BCUT2D eigenvalue weighted by Gasteiger charge is -2.23. The van der Waals surface area contributed by atoms with Crippen LogP contribution in [0, 0.1) is 0 Å². The Morgan fingerprint density at radius 1 is 0.852 bits per heavy atom. The lowest BCUT2D eigenvalue weighted by molar-refractivity contribution is 0.461. The van der Waals surface area contributed by atoms with E-state index in [0.717, 1.165) is 27.2 Å². The Bertz CT molecular complexity index is 892. The Balaban J connectivity index is 1.66. The monoisotopic (exact) mass is 422 g/mol. The molecule has 2 N–H and O–H groups in total. The third-order valence-electron chi connectivity index (χ3n) is 4.87. The van der Waals surface area contributed by atoms with Crippen LogP contribution in [0.1, 0.15) is 32.1 Å². The minimum Gasteiger partial charge on any atom is -0.351 e. The lowest BCUT2D eigenvalue weighted by Crippen LogP contribution is -2.23. The molecular formula is C22H23BrN4. The van der Waals surface area contributed by atoms with E-state index in [-0.39, 0.29) is 0 Å². The van der Waals surface area contributed by atoms with Gasteiger partial charge in [-0.15, -0.1) is 0 Å². The summed E-state index contributed by atoms with van der Waals surface area (Å²) in [5, 5.41) is 6.98. The van der Waals surface area contributed by atoms with Crippen LogP contribution in [0.3, 0.4) is 0 Å². The predicted octanol–water partition coefficient (Wildman–Crippen LogP) is 6.39. The summed E-state index contributed by atoms with van der Waals surface area (Å²) < 4.78 is 1.01. The molecule has 1 aliphatic rings. The van der Waals surface area contributed by atoms with Crippen molar-refractivity contribution >= 4 is 33.4 Å². The van der Waals surface area contributed by atoms with E-state index in [9.17, 15) is 0 Å². The molecule has 0 saturated heterocycles. The SMILES string of the molecule is Brc1ccccc1Nc1cc(-c2ccccc2)nc(NC2CCCCC2)n1. The fraction of sp³-hybridized carbons (Fsp3) is 0.273. The molecule has 0 bridgehead atoms. The molecule has 1 saturated carbocycles. The zero-order valence-electron chi connectivity index (χ0n) is 15.2. The van der Waals surface area contributed by atoms with Crippen LogP contribution < -0.4 is 10.6 Å². The molecule has 27 heavy (non-hydrogen) atoms. The summed E-state index contributed by atoms with van der Waals surface area (Å²) in [5.74, 6) is 1.48. The summed E-state index contributed by atoms with van der Waals surface area (Å²) in [7, 11) is 0. The number of aromatic nitrogens is 2. The standard InChI is InChI=1S/C22H23BrN4/c23-18-13-7-8-14-19(18)25-21-15-20(16-9-3-1-4-10-16)26-22(27-21)24-17-11-5-2-6-12-17/h1,3-4,7-10,13-15,17H,2,5-6,11-12H2,(H2,24,25,26,27). The number of nitrogens with zero attached hydrogens (tertiary/aromatic N) is 2.